The average Bonchev–Trinajstić information content (AvgIpc) is 2.25. The van der Waals surface area contributed by atoms with Crippen LogP contribution in [0.5, 0.6) is 0 Å². The Morgan fingerprint density at radius 1 is 1.42 bits per heavy atom. The number of likely N-dealkylation sites (N-methyl/N-ethyl adjacent to an activating group) is 1. The minimum atomic E-state index is -0.847. The normalized spacial score (nSPS) is 11.7. The van der Waals surface area contributed by atoms with E-state index in [0.717, 1.165) is 0 Å². The Morgan fingerprint density at radius 2 is 2.05 bits per heavy atom. The Morgan fingerprint density at radius 3 is 2.63 bits per heavy atom. The quantitative estimate of drug-likeness (QED) is 0.813. The van der Waals surface area contributed by atoms with Crippen molar-refractivity contribution < 1.29 is 14.3 Å². The monoisotopic (exact) mass is 268 g/mol. The lowest BCUT2D eigenvalue weighted by Gasteiger charge is -2.24. The van der Waals surface area contributed by atoms with Crippen LogP contribution in [-0.4, -0.2) is 41.7 Å². The van der Waals surface area contributed by atoms with Crippen molar-refractivity contribution in [2.24, 2.45) is 0 Å². The van der Waals surface area contributed by atoms with E-state index >= 15 is 0 Å². The zero-order valence-electron chi connectivity index (χ0n) is 11.6. The molecule has 4 nitrogen and oxygen atoms in total. The van der Waals surface area contributed by atoms with Gasteiger partial charge < -0.3 is 10.4 Å². The van der Waals surface area contributed by atoms with Gasteiger partial charge in [0.1, 0.15) is 5.82 Å². The molecular weight excluding hydrogens is 247 g/mol. The molecule has 0 fully saturated rings. The van der Waals surface area contributed by atoms with Gasteiger partial charge in [-0.25, -0.2) is 4.39 Å². The van der Waals surface area contributed by atoms with E-state index in [9.17, 15) is 14.3 Å². The first-order valence-electron chi connectivity index (χ1n) is 6.19. The highest BCUT2D eigenvalue weighted by molar-refractivity contribution is 5.77. The van der Waals surface area contributed by atoms with Crippen LogP contribution in [0.4, 0.5) is 4.39 Å². The van der Waals surface area contributed by atoms with Crippen molar-refractivity contribution in [2.45, 2.75) is 26.0 Å². The molecule has 0 radical (unpaired) electrons. The zero-order chi connectivity index (χ0) is 14.5. The summed E-state index contributed by atoms with van der Waals surface area (Å²) in [7, 11) is 1.75. The summed E-state index contributed by atoms with van der Waals surface area (Å²) >= 11 is 0. The van der Waals surface area contributed by atoms with E-state index in [0.29, 0.717) is 12.1 Å². The van der Waals surface area contributed by atoms with Gasteiger partial charge in [-0.15, -0.1) is 0 Å². The molecule has 19 heavy (non-hydrogen) atoms. The largest absolute Gasteiger partial charge is 0.389 e. The molecule has 1 rings (SSSR count). The van der Waals surface area contributed by atoms with Gasteiger partial charge in [0.05, 0.1) is 12.1 Å². The van der Waals surface area contributed by atoms with Crippen molar-refractivity contribution in [2.75, 3.05) is 20.1 Å². The third kappa shape index (κ3) is 6.31. The van der Waals surface area contributed by atoms with Crippen molar-refractivity contribution in [1.82, 2.24) is 10.2 Å². The molecule has 0 atom stereocenters. The van der Waals surface area contributed by atoms with Gasteiger partial charge in [-0.05, 0) is 27.0 Å². The first-order valence-corrected chi connectivity index (χ1v) is 6.19. The maximum Gasteiger partial charge on any atom is 0.234 e. The minimum Gasteiger partial charge on any atom is -0.389 e. The van der Waals surface area contributed by atoms with E-state index in [1.165, 1.54) is 6.07 Å². The third-order valence-electron chi connectivity index (χ3n) is 2.50. The Hall–Kier alpha value is -1.46. The van der Waals surface area contributed by atoms with Crippen molar-refractivity contribution in [1.29, 1.82) is 0 Å². The maximum atomic E-state index is 13.3. The molecule has 0 aliphatic carbocycles. The van der Waals surface area contributed by atoms with Gasteiger partial charge in [-0.2, -0.15) is 0 Å². The highest BCUT2D eigenvalue weighted by atomic mass is 19.1. The van der Waals surface area contributed by atoms with E-state index < -0.39 is 5.60 Å². The Kier molecular flexibility index (Phi) is 5.44. The SMILES string of the molecule is CN(CC(=O)NCc1ccccc1F)CC(C)(C)O. The van der Waals surface area contributed by atoms with Crippen LogP contribution < -0.4 is 5.32 Å². The van der Waals surface area contributed by atoms with Gasteiger partial charge in [0.2, 0.25) is 5.91 Å². The van der Waals surface area contributed by atoms with E-state index in [4.69, 9.17) is 0 Å². The lowest BCUT2D eigenvalue weighted by molar-refractivity contribution is -0.122. The molecule has 0 spiro atoms. The number of nitrogens with zero attached hydrogens (tertiary/aromatic N) is 1. The van der Waals surface area contributed by atoms with Gasteiger partial charge in [0.25, 0.3) is 0 Å². The van der Waals surface area contributed by atoms with E-state index in [1.807, 2.05) is 0 Å². The van der Waals surface area contributed by atoms with Gasteiger partial charge >= 0.3 is 0 Å². The molecule has 0 aliphatic rings. The van der Waals surface area contributed by atoms with Gasteiger partial charge in [0, 0.05) is 18.7 Å². The summed E-state index contributed by atoms with van der Waals surface area (Å²) in [6, 6.07) is 6.33. The number of amides is 1. The Balaban J connectivity index is 2.38. The molecule has 0 saturated heterocycles. The first-order chi connectivity index (χ1) is 8.78. The topological polar surface area (TPSA) is 52.6 Å². The summed E-state index contributed by atoms with van der Waals surface area (Å²) in [4.78, 5) is 13.4. The minimum absolute atomic E-state index is 0.165. The number of carbonyl (C=O) groups is 1. The highest BCUT2D eigenvalue weighted by Crippen LogP contribution is 2.06. The molecule has 0 unspecified atom stereocenters. The average molecular weight is 268 g/mol. The smallest absolute Gasteiger partial charge is 0.234 e. The summed E-state index contributed by atoms with van der Waals surface area (Å²) in [5, 5.41) is 12.3. The summed E-state index contributed by atoms with van der Waals surface area (Å²) in [5.41, 5.74) is -0.387. The Bertz CT molecular complexity index is 430. The van der Waals surface area contributed by atoms with E-state index in [2.05, 4.69) is 5.32 Å². The highest BCUT2D eigenvalue weighted by Gasteiger charge is 2.17. The van der Waals surface area contributed by atoms with Crippen LogP contribution in [0.1, 0.15) is 19.4 Å². The molecule has 0 bridgehead atoms. The van der Waals surface area contributed by atoms with E-state index in [-0.39, 0.29) is 24.8 Å². The Labute approximate surface area is 113 Å². The fraction of sp³-hybridized carbons (Fsp3) is 0.500. The summed E-state index contributed by atoms with van der Waals surface area (Å²) in [6.07, 6.45) is 0. The second-order valence-electron chi connectivity index (χ2n) is 5.35. The number of carbonyl (C=O) groups excluding carboxylic acids is 1. The number of nitrogens with one attached hydrogen (secondary N) is 1. The van der Waals surface area contributed by atoms with Gasteiger partial charge in [-0.1, -0.05) is 18.2 Å². The first kappa shape index (κ1) is 15.6. The molecule has 106 valence electrons. The van der Waals surface area contributed by atoms with Crippen LogP contribution in [0.15, 0.2) is 24.3 Å². The fourth-order valence-electron chi connectivity index (χ4n) is 1.85. The molecule has 1 aromatic carbocycles. The van der Waals surface area contributed by atoms with Crippen LogP contribution in [-0.2, 0) is 11.3 Å². The van der Waals surface area contributed by atoms with Crippen LogP contribution in [0.3, 0.4) is 0 Å². The standard InChI is InChI=1S/C14H21FN2O2/c1-14(2,19)10-17(3)9-13(18)16-8-11-6-4-5-7-12(11)15/h4-7,19H,8-10H2,1-3H3,(H,16,18). The molecule has 1 aromatic rings. The van der Waals surface area contributed by atoms with Crippen molar-refractivity contribution in [3.8, 4) is 0 Å². The predicted molar refractivity (Wildman–Crippen MR) is 72.0 cm³/mol. The number of aliphatic hydroxyl groups is 1. The van der Waals surface area contributed by atoms with Crippen molar-refractivity contribution >= 4 is 5.91 Å². The molecular formula is C14H21FN2O2. The molecule has 0 aromatic heterocycles. The lowest BCUT2D eigenvalue weighted by atomic mass is 10.1. The second-order valence-corrected chi connectivity index (χ2v) is 5.35. The second kappa shape index (κ2) is 6.63. The number of hydrogen-bond acceptors (Lipinski definition) is 3. The van der Waals surface area contributed by atoms with E-state index in [1.54, 1.807) is 44.0 Å². The van der Waals surface area contributed by atoms with Gasteiger partial charge in [0.15, 0.2) is 0 Å². The molecule has 0 aliphatic heterocycles. The molecule has 2 N–H and O–H groups in total. The predicted octanol–water partition coefficient (Wildman–Crippen LogP) is 1.14. The van der Waals surface area contributed by atoms with Crippen LogP contribution in [0.2, 0.25) is 0 Å². The lowest BCUT2D eigenvalue weighted by Crippen LogP contribution is -2.41. The molecule has 0 heterocycles. The van der Waals surface area contributed by atoms with Crippen LogP contribution in [0, 0.1) is 5.82 Å². The summed E-state index contributed by atoms with van der Waals surface area (Å²) < 4.78 is 13.3. The molecule has 0 saturated carbocycles. The zero-order valence-corrected chi connectivity index (χ0v) is 11.6. The number of benzene rings is 1. The summed E-state index contributed by atoms with van der Waals surface area (Å²) in [5.74, 6) is -0.525. The van der Waals surface area contributed by atoms with Crippen LogP contribution >= 0.6 is 0 Å². The fourth-order valence-corrected chi connectivity index (χ4v) is 1.85. The molecule has 1 amide bonds. The van der Waals surface area contributed by atoms with Crippen LogP contribution in [0.25, 0.3) is 0 Å². The van der Waals surface area contributed by atoms with Crippen molar-refractivity contribution in [3.05, 3.63) is 35.6 Å². The number of hydrogen-bond donors (Lipinski definition) is 2. The maximum absolute atomic E-state index is 13.3. The number of halogens is 1. The third-order valence-corrected chi connectivity index (χ3v) is 2.50. The van der Waals surface area contributed by atoms with Crippen molar-refractivity contribution in [3.63, 3.8) is 0 Å². The summed E-state index contributed by atoms with van der Waals surface area (Å²) in [6.45, 7) is 4.09. The number of rotatable bonds is 6. The van der Waals surface area contributed by atoms with Gasteiger partial charge in [-0.3, -0.25) is 9.69 Å². The molecule has 5 heteroatoms.